The fourth-order valence-corrected chi connectivity index (χ4v) is 3.46. The van der Waals surface area contributed by atoms with E-state index in [9.17, 15) is 9.90 Å². The van der Waals surface area contributed by atoms with Gasteiger partial charge in [0.1, 0.15) is 0 Å². The van der Waals surface area contributed by atoms with Crippen molar-refractivity contribution < 1.29 is 9.90 Å². The van der Waals surface area contributed by atoms with Crippen molar-refractivity contribution in [3.05, 3.63) is 0 Å². The summed E-state index contributed by atoms with van der Waals surface area (Å²) in [5, 5.41) is 9.29. The first-order valence-electron chi connectivity index (χ1n) is 11.6. The molecule has 2 atom stereocenters. The van der Waals surface area contributed by atoms with Crippen molar-refractivity contribution in [1.82, 2.24) is 0 Å². The lowest BCUT2D eigenvalue weighted by Crippen LogP contribution is -2.40. The van der Waals surface area contributed by atoms with Crippen LogP contribution in [0.5, 0.6) is 0 Å². The third-order valence-electron chi connectivity index (χ3n) is 5.42. The zero-order valence-electron chi connectivity index (χ0n) is 17.8. The molecule has 0 aromatic carbocycles. The first-order chi connectivity index (χ1) is 12.6. The minimum absolute atomic E-state index is 0.000888. The minimum atomic E-state index is -0.728. The Balaban J connectivity index is 3.15. The minimum Gasteiger partial charge on any atom is -0.391 e. The number of rotatable bonds is 20. The third kappa shape index (κ3) is 17.0. The van der Waals surface area contributed by atoms with Crippen LogP contribution in [0.25, 0.3) is 0 Å². The number of ketones is 1. The van der Waals surface area contributed by atoms with Crippen molar-refractivity contribution in [2.75, 3.05) is 0 Å². The molecule has 3 nitrogen and oxygen atoms in total. The maximum atomic E-state index is 11.7. The van der Waals surface area contributed by atoms with Crippen molar-refractivity contribution in [1.29, 1.82) is 0 Å². The van der Waals surface area contributed by atoms with Crippen molar-refractivity contribution in [2.24, 2.45) is 5.73 Å². The van der Waals surface area contributed by atoms with Gasteiger partial charge in [0.15, 0.2) is 5.78 Å². The van der Waals surface area contributed by atoms with Crippen molar-refractivity contribution in [3.8, 4) is 0 Å². The van der Waals surface area contributed by atoms with Gasteiger partial charge in [0, 0.05) is 6.42 Å². The predicted octanol–water partition coefficient (Wildman–Crippen LogP) is 6.31. The number of nitrogens with two attached hydrogens (primary N) is 1. The molecule has 0 aliphatic heterocycles. The van der Waals surface area contributed by atoms with Crippen LogP contribution in [-0.4, -0.2) is 23.0 Å². The Morgan fingerprint density at radius 2 is 1.00 bits per heavy atom. The van der Waals surface area contributed by atoms with Gasteiger partial charge in [-0.05, 0) is 13.3 Å². The zero-order chi connectivity index (χ0) is 19.5. The fourth-order valence-electron chi connectivity index (χ4n) is 3.46. The molecule has 0 amide bonds. The molecule has 0 unspecified atom stereocenters. The number of unbranched alkanes of at least 4 members (excludes halogenated alkanes) is 16. The Labute approximate surface area is 163 Å². The zero-order valence-corrected chi connectivity index (χ0v) is 17.8. The summed E-state index contributed by atoms with van der Waals surface area (Å²) in [6, 6.07) is -0.698. The Hall–Kier alpha value is -0.410. The highest BCUT2D eigenvalue weighted by molar-refractivity contribution is 5.84. The fraction of sp³-hybridized carbons (Fsp3) is 0.957. The van der Waals surface area contributed by atoms with Crippen LogP contribution in [0.1, 0.15) is 129 Å². The van der Waals surface area contributed by atoms with Gasteiger partial charge in [-0.25, -0.2) is 0 Å². The van der Waals surface area contributed by atoms with Crippen LogP contribution in [0.3, 0.4) is 0 Å². The Bertz CT molecular complexity index is 305. The monoisotopic (exact) mass is 369 g/mol. The topological polar surface area (TPSA) is 63.3 Å². The van der Waals surface area contributed by atoms with Crippen molar-refractivity contribution in [3.63, 3.8) is 0 Å². The normalized spacial score (nSPS) is 13.7. The second-order valence-corrected chi connectivity index (χ2v) is 8.14. The predicted molar refractivity (Wildman–Crippen MR) is 113 cm³/mol. The molecule has 0 aliphatic carbocycles. The highest BCUT2D eigenvalue weighted by atomic mass is 16.3. The van der Waals surface area contributed by atoms with E-state index in [2.05, 4.69) is 6.92 Å². The SMILES string of the molecule is CCCCCCCCCCCCCCCCCCCC(=O)[C@@H](N)[C@@H](C)O. The molecule has 0 saturated heterocycles. The van der Waals surface area contributed by atoms with Gasteiger partial charge in [-0.1, -0.05) is 110 Å². The van der Waals surface area contributed by atoms with Gasteiger partial charge in [0.25, 0.3) is 0 Å². The van der Waals surface area contributed by atoms with Crippen LogP contribution in [0.4, 0.5) is 0 Å². The number of aliphatic hydroxyl groups excluding tert-OH is 1. The summed E-state index contributed by atoms with van der Waals surface area (Å²) < 4.78 is 0. The van der Waals surface area contributed by atoms with E-state index in [1.165, 1.54) is 96.3 Å². The summed E-state index contributed by atoms with van der Waals surface area (Å²) in [6.45, 7) is 3.86. The quantitative estimate of drug-likeness (QED) is 0.247. The molecule has 0 fully saturated rings. The summed E-state index contributed by atoms with van der Waals surface area (Å²) in [6.07, 6.45) is 22.6. The van der Waals surface area contributed by atoms with Gasteiger partial charge in [-0.3, -0.25) is 4.79 Å². The second-order valence-electron chi connectivity index (χ2n) is 8.14. The molecule has 0 rings (SSSR count). The molecule has 0 bridgehead atoms. The van der Waals surface area contributed by atoms with Crippen LogP contribution in [0.15, 0.2) is 0 Å². The maximum Gasteiger partial charge on any atom is 0.152 e. The van der Waals surface area contributed by atoms with E-state index >= 15 is 0 Å². The Morgan fingerprint density at radius 3 is 1.31 bits per heavy atom. The van der Waals surface area contributed by atoms with Gasteiger partial charge >= 0.3 is 0 Å². The molecule has 3 heteroatoms. The summed E-state index contributed by atoms with van der Waals surface area (Å²) in [5.41, 5.74) is 5.63. The molecule has 0 radical (unpaired) electrons. The van der Waals surface area contributed by atoms with Gasteiger partial charge in [-0.15, -0.1) is 0 Å². The molecule has 0 aliphatic rings. The number of hydrogen-bond donors (Lipinski definition) is 2. The lowest BCUT2D eigenvalue weighted by atomic mass is 10.0. The Kier molecular flexibility index (Phi) is 19.0. The molecule has 3 N–H and O–H groups in total. The summed E-state index contributed by atoms with van der Waals surface area (Å²) in [7, 11) is 0. The second kappa shape index (κ2) is 19.4. The van der Waals surface area contributed by atoms with Gasteiger partial charge < -0.3 is 10.8 Å². The van der Waals surface area contributed by atoms with Crippen LogP contribution in [0, 0.1) is 0 Å². The van der Waals surface area contributed by atoms with Crippen LogP contribution in [-0.2, 0) is 4.79 Å². The molecule has 0 spiro atoms. The smallest absolute Gasteiger partial charge is 0.152 e. The van der Waals surface area contributed by atoms with Crippen LogP contribution >= 0.6 is 0 Å². The summed E-state index contributed by atoms with van der Waals surface area (Å²) in [5.74, 6) is 0.000888. The van der Waals surface area contributed by atoms with E-state index in [1.54, 1.807) is 6.92 Å². The average molecular weight is 370 g/mol. The number of carbonyl (C=O) groups is 1. The Morgan fingerprint density at radius 1 is 0.692 bits per heavy atom. The largest absolute Gasteiger partial charge is 0.391 e. The highest BCUT2D eigenvalue weighted by Crippen LogP contribution is 2.14. The molecule has 0 aromatic heterocycles. The van der Waals surface area contributed by atoms with E-state index < -0.39 is 12.1 Å². The van der Waals surface area contributed by atoms with E-state index in [0.29, 0.717) is 6.42 Å². The summed E-state index contributed by atoms with van der Waals surface area (Å²) >= 11 is 0. The van der Waals surface area contributed by atoms with Crippen LogP contribution in [0.2, 0.25) is 0 Å². The van der Waals surface area contributed by atoms with Gasteiger partial charge in [-0.2, -0.15) is 0 Å². The van der Waals surface area contributed by atoms with E-state index in [0.717, 1.165) is 12.8 Å². The number of hydrogen-bond acceptors (Lipinski definition) is 3. The van der Waals surface area contributed by atoms with Crippen molar-refractivity contribution >= 4 is 5.78 Å². The average Bonchev–Trinajstić information content (AvgIpc) is 2.63. The van der Waals surface area contributed by atoms with Gasteiger partial charge in [0.2, 0.25) is 0 Å². The third-order valence-corrected chi connectivity index (χ3v) is 5.42. The molecular formula is C23H47NO2. The number of carbonyl (C=O) groups excluding carboxylic acids is 1. The van der Waals surface area contributed by atoms with Crippen LogP contribution < -0.4 is 5.73 Å². The maximum absolute atomic E-state index is 11.7. The first kappa shape index (κ1) is 25.6. The number of aliphatic hydroxyl groups is 1. The molecule has 0 saturated carbocycles. The molecular weight excluding hydrogens is 322 g/mol. The lowest BCUT2D eigenvalue weighted by Gasteiger charge is -2.12. The lowest BCUT2D eigenvalue weighted by molar-refractivity contribution is -0.122. The molecule has 156 valence electrons. The standard InChI is InChI=1S/C23H47NO2/c1-3-4-5-6-7-8-9-10-11-12-13-14-15-16-17-18-19-20-22(26)23(24)21(2)25/h21,23,25H,3-20,24H2,1-2H3/t21-,23+/m1/s1. The van der Waals surface area contributed by atoms with E-state index in [1.807, 2.05) is 0 Å². The summed E-state index contributed by atoms with van der Waals surface area (Å²) in [4.78, 5) is 11.7. The molecule has 0 aromatic rings. The van der Waals surface area contributed by atoms with Gasteiger partial charge in [0.05, 0.1) is 12.1 Å². The van der Waals surface area contributed by atoms with E-state index in [-0.39, 0.29) is 5.78 Å². The molecule has 0 heterocycles. The number of Topliss-reactive ketones (excluding diaryl/α,β-unsaturated/α-hetero) is 1. The van der Waals surface area contributed by atoms with E-state index in [4.69, 9.17) is 5.73 Å². The van der Waals surface area contributed by atoms with Crippen molar-refractivity contribution in [2.45, 2.75) is 142 Å². The first-order valence-corrected chi connectivity index (χ1v) is 11.6. The highest BCUT2D eigenvalue weighted by Gasteiger charge is 2.17. The molecule has 26 heavy (non-hydrogen) atoms.